The Kier molecular flexibility index (Phi) is 6.63. The third-order valence-corrected chi connectivity index (χ3v) is 5.28. The van der Waals surface area contributed by atoms with Crippen LogP contribution in [0, 0.1) is 0 Å². The predicted molar refractivity (Wildman–Crippen MR) is 111 cm³/mol. The minimum atomic E-state index is -0.630. The van der Waals surface area contributed by atoms with E-state index in [-0.39, 0.29) is 24.3 Å². The van der Waals surface area contributed by atoms with E-state index in [4.69, 9.17) is 14.2 Å². The number of rotatable bonds is 6. The summed E-state index contributed by atoms with van der Waals surface area (Å²) in [5.41, 5.74) is 0.942. The molecule has 0 saturated heterocycles. The molecule has 3 rings (SSSR count). The molecule has 9 heteroatoms. The second-order valence-corrected chi connectivity index (χ2v) is 7.07. The molecule has 3 aromatic rings. The predicted octanol–water partition coefficient (Wildman–Crippen LogP) is 2.80. The van der Waals surface area contributed by atoms with Gasteiger partial charge >= 0.3 is 11.9 Å². The van der Waals surface area contributed by atoms with Gasteiger partial charge in [0.2, 0.25) is 0 Å². The average molecular weight is 428 g/mol. The average Bonchev–Trinajstić information content (AvgIpc) is 3.09. The van der Waals surface area contributed by atoms with E-state index in [0.717, 1.165) is 4.70 Å². The monoisotopic (exact) mass is 428 g/mol. The molecule has 2 aromatic carbocycles. The van der Waals surface area contributed by atoms with Crippen LogP contribution in [0.15, 0.2) is 47.5 Å². The number of nitrogens with zero attached hydrogens (tertiary/aromatic N) is 2. The highest BCUT2D eigenvalue weighted by Gasteiger charge is 2.18. The number of esters is 2. The molecular formula is C21H20N2O6S. The van der Waals surface area contributed by atoms with Crippen molar-refractivity contribution in [2.45, 2.75) is 13.5 Å². The first-order valence-corrected chi connectivity index (χ1v) is 9.89. The molecule has 0 bridgehead atoms. The largest absolute Gasteiger partial charge is 0.497 e. The Morgan fingerprint density at radius 3 is 2.47 bits per heavy atom. The number of methoxy groups -OCH3 is 2. The Labute approximate surface area is 176 Å². The van der Waals surface area contributed by atoms with Crippen molar-refractivity contribution in [1.82, 2.24) is 4.57 Å². The molecule has 0 aliphatic heterocycles. The SMILES string of the molecule is CCOC(=O)Cn1c(=NC(=O)c2ccccc2C(=O)OC)sc2cc(OC)ccc21. The van der Waals surface area contributed by atoms with Gasteiger partial charge in [-0.15, -0.1) is 0 Å². The van der Waals surface area contributed by atoms with E-state index >= 15 is 0 Å². The number of carbonyl (C=O) groups is 3. The molecule has 1 aromatic heterocycles. The summed E-state index contributed by atoms with van der Waals surface area (Å²) in [5, 5.41) is 0. The second kappa shape index (κ2) is 9.36. The molecule has 1 heterocycles. The first-order chi connectivity index (χ1) is 14.5. The topological polar surface area (TPSA) is 96.2 Å². The van der Waals surface area contributed by atoms with Gasteiger partial charge in [0.05, 0.1) is 42.2 Å². The van der Waals surface area contributed by atoms with Gasteiger partial charge in [0.1, 0.15) is 12.3 Å². The highest BCUT2D eigenvalue weighted by atomic mass is 32.1. The number of aromatic nitrogens is 1. The first-order valence-electron chi connectivity index (χ1n) is 9.07. The highest BCUT2D eigenvalue weighted by Crippen LogP contribution is 2.23. The lowest BCUT2D eigenvalue weighted by Crippen LogP contribution is -2.23. The van der Waals surface area contributed by atoms with Gasteiger partial charge in [-0.05, 0) is 37.3 Å². The molecule has 0 N–H and O–H groups in total. The van der Waals surface area contributed by atoms with Crippen LogP contribution in [-0.4, -0.2) is 43.2 Å². The minimum Gasteiger partial charge on any atom is -0.497 e. The van der Waals surface area contributed by atoms with E-state index in [1.165, 1.54) is 30.6 Å². The van der Waals surface area contributed by atoms with Crippen molar-refractivity contribution in [3.8, 4) is 5.75 Å². The van der Waals surface area contributed by atoms with Gasteiger partial charge < -0.3 is 18.8 Å². The molecule has 0 fully saturated rings. The van der Waals surface area contributed by atoms with Crippen molar-refractivity contribution in [3.05, 3.63) is 58.4 Å². The quantitative estimate of drug-likeness (QED) is 0.560. The summed E-state index contributed by atoms with van der Waals surface area (Å²) < 4.78 is 17.4. The third kappa shape index (κ3) is 4.41. The van der Waals surface area contributed by atoms with Gasteiger partial charge in [0.15, 0.2) is 4.80 Å². The van der Waals surface area contributed by atoms with Crippen molar-refractivity contribution in [1.29, 1.82) is 0 Å². The number of thiazole rings is 1. The number of carbonyl (C=O) groups excluding carboxylic acids is 3. The lowest BCUT2D eigenvalue weighted by Gasteiger charge is -2.06. The van der Waals surface area contributed by atoms with Gasteiger partial charge in [-0.2, -0.15) is 4.99 Å². The van der Waals surface area contributed by atoms with Gasteiger partial charge in [0.25, 0.3) is 5.91 Å². The molecule has 0 aliphatic rings. The Morgan fingerprint density at radius 2 is 1.80 bits per heavy atom. The number of fused-ring (bicyclic) bond motifs is 1. The number of amides is 1. The Bertz CT molecular complexity index is 1180. The Hall–Kier alpha value is -3.46. The summed E-state index contributed by atoms with van der Waals surface area (Å²) in [7, 11) is 2.80. The third-order valence-electron chi connectivity index (χ3n) is 4.24. The fourth-order valence-electron chi connectivity index (χ4n) is 2.86. The maximum atomic E-state index is 12.9. The van der Waals surface area contributed by atoms with Crippen molar-refractivity contribution >= 4 is 39.4 Å². The van der Waals surface area contributed by atoms with Crippen LogP contribution in [0.5, 0.6) is 5.75 Å². The van der Waals surface area contributed by atoms with Crippen LogP contribution < -0.4 is 9.54 Å². The molecule has 0 spiro atoms. The molecule has 0 radical (unpaired) electrons. The Balaban J connectivity index is 2.14. The van der Waals surface area contributed by atoms with Crippen molar-refractivity contribution in [2.75, 3.05) is 20.8 Å². The zero-order valence-corrected chi connectivity index (χ0v) is 17.5. The van der Waals surface area contributed by atoms with Crippen LogP contribution in [0.4, 0.5) is 0 Å². The van der Waals surface area contributed by atoms with Crippen molar-refractivity contribution in [3.63, 3.8) is 0 Å². The van der Waals surface area contributed by atoms with E-state index in [1.54, 1.807) is 48.9 Å². The van der Waals surface area contributed by atoms with Crippen LogP contribution in [0.2, 0.25) is 0 Å². The zero-order valence-electron chi connectivity index (χ0n) is 16.7. The molecule has 1 amide bonds. The van der Waals surface area contributed by atoms with Crippen molar-refractivity contribution in [2.24, 2.45) is 4.99 Å². The summed E-state index contributed by atoms with van der Waals surface area (Å²) >= 11 is 1.23. The zero-order chi connectivity index (χ0) is 21.7. The molecule has 8 nitrogen and oxygen atoms in total. The highest BCUT2D eigenvalue weighted by molar-refractivity contribution is 7.16. The van der Waals surface area contributed by atoms with Crippen LogP contribution in [-0.2, 0) is 20.8 Å². The summed E-state index contributed by atoms with van der Waals surface area (Å²) in [5.74, 6) is -1.06. The van der Waals surface area contributed by atoms with E-state index in [0.29, 0.717) is 16.1 Å². The normalized spacial score (nSPS) is 11.4. The van der Waals surface area contributed by atoms with E-state index < -0.39 is 17.8 Å². The van der Waals surface area contributed by atoms with Gasteiger partial charge in [0, 0.05) is 0 Å². The van der Waals surface area contributed by atoms with Crippen LogP contribution in [0.1, 0.15) is 27.6 Å². The van der Waals surface area contributed by atoms with Crippen molar-refractivity contribution < 1.29 is 28.6 Å². The van der Waals surface area contributed by atoms with Gasteiger partial charge in [-0.3, -0.25) is 9.59 Å². The van der Waals surface area contributed by atoms with Gasteiger partial charge in [-0.25, -0.2) is 4.79 Å². The summed E-state index contributed by atoms with van der Waals surface area (Å²) in [6.07, 6.45) is 0. The molecule has 30 heavy (non-hydrogen) atoms. The summed E-state index contributed by atoms with van der Waals surface area (Å²) in [6, 6.07) is 11.6. The fraction of sp³-hybridized carbons (Fsp3) is 0.238. The number of ether oxygens (including phenoxy) is 3. The lowest BCUT2D eigenvalue weighted by atomic mass is 10.1. The van der Waals surface area contributed by atoms with Crippen LogP contribution >= 0.6 is 11.3 Å². The van der Waals surface area contributed by atoms with E-state index in [1.807, 2.05) is 0 Å². The smallest absolute Gasteiger partial charge is 0.338 e. The van der Waals surface area contributed by atoms with E-state index in [2.05, 4.69) is 4.99 Å². The maximum Gasteiger partial charge on any atom is 0.338 e. The summed E-state index contributed by atoms with van der Waals surface area (Å²) in [4.78, 5) is 41.5. The van der Waals surface area contributed by atoms with Crippen LogP contribution in [0.3, 0.4) is 0 Å². The molecule has 0 atom stereocenters. The lowest BCUT2D eigenvalue weighted by molar-refractivity contribution is -0.143. The number of hydrogen-bond acceptors (Lipinski definition) is 7. The maximum absolute atomic E-state index is 12.9. The standard InChI is InChI=1S/C21H20N2O6S/c1-4-29-18(24)12-23-16-10-9-13(27-2)11-17(16)30-21(23)22-19(25)14-7-5-6-8-15(14)20(26)28-3/h5-11H,4,12H2,1-3H3. The molecular weight excluding hydrogens is 408 g/mol. The number of benzene rings is 2. The fourth-order valence-corrected chi connectivity index (χ4v) is 3.92. The molecule has 0 saturated carbocycles. The minimum absolute atomic E-state index is 0.106. The molecule has 0 aliphatic carbocycles. The molecule has 0 unspecified atom stereocenters. The second-order valence-electron chi connectivity index (χ2n) is 6.06. The van der Waals surface area contributed by atoms with Gasteiger partial charge in [-0.1, -0.05) is 23.5 Å². The number of hydrogen-bond donors (Lipinski definition) is 0. The van der Waals surface area contributed by atoms with Crippen LogP contribution in [0.25, 0.3) is 10.2 Å². The summed E-state index contributed by atoms with van der Waals surface area (Å²) in [6.45, 7) is 1.86. The molecule has 156 valence electrons. The van der Waals surface area contributed by atoms with E-state index in [9.17, 15) is 14.4 Å². The first kappa shape index (κ1) is 21.3. The Morgan fingerprint density at radius 1 is 1.07 bits per heavy atom.